The molecule has 2 atom stereocenters. The summed E-state index contributed by atoms with van der Waals surface area (Å²) in [5, 5.41) is 0.683. The fourth-order valence-corrected chi connectivity index (χ4v) is 3.37. The van der Waals surface area contributed by atoms with Crippen molar-refractivity contribution in [3.8, 4) is 0 Å². The van der Waals surface area contributed by atoms with Gasteiger partial charge in [0.2, 0.25) is 0 Å². The van der Waals surface area contributed by atoms with Gasteiger partial charge in [0.25, 0.3) is 0 Å². The van der Waals surface area contributed by atoms with E-state index in [0.717, 1.165) is 6.54 Å². The molecule has 0 aromatic heterocycles. The molecular weight excluding hydrogens is 156 g/mol. The topological polar surface area (TPSA) is 29.3 Å². The molecule has 0 spiro atoms. The van der Waals surface area contributed by atoms with Crippen LogP contribution in [0.4, 0.5) is 0 Å². The minimum Gasteiger partial charge on any atom is -0.329 e. The Hall–Kier alpha value is 0.270. The molecule has 3 heteroatoms. The lowest BCUT2D eigenvalue weighted by Gasteiger charge is -2.38. The molecule has 1 fully saturated rings. The Kier molecular flexibility index (Phi) is 2.84. The van der Waals surface area contributed by atoms with Crippen LogP contribution in [0.15, 0.2) is 0 Å². The molecule has 2 unspecified atom stereocenters. The summed E-state index contributed by atoms with van der Waals surface area (Å²) in [7, 11) is 4.27. The van der Waals surface area contributed by atoms with E-state index in [1.54, 1.807) is 0 Å². The van der Waals surface area contributed by atoms with Crippen LogP contribution in [0.2, 0.25) is 0 Å². The third kappa shape index (κ3) is 1.42. The van der Waals surface area contributed by atoms with Crippen LogP contribution in [-0.4, -0.2) is 42.1 Å². The van der Waals surface area contributed by atoms with Gasteiger partial charge < -0.3 is 10.6 Å². The van der Waals surface area contributed by atoms with E-state index >= 15 is 0 Å². The minimum atomic E-state index is 0.269. The molecule has 0 radical (unpaired) electrons. The summed E-state index contributed by atoms with van der Waals surface area (Å²) in [6.45, 7) is 3.07. The van der Waals surface area contributed by atoms with Crippen molar-refractivity contribution in [3.05, 3.63) is 0 Å². The van der Waals surface area contributed by atoms with Crippen molar-refractivity contribution in [1.82, 2.24) is 4.90 Å². The standard InChI is InChI=1S/C8H18N2S/c1-7-8(6-9,10(2)3)4-5-11-7/h7H,4-6,9H2,1-3H3. The maximum absolute atomic E-state index is 5.81. The lowest BCUT2D eigenvalue weighted by Crippen LogP contribution is -2.54. The third-order valence-electron chi connectivity index (χ3n) is 2.90. The van der Waals surface area contributed by atoms with Gasteiger partial charge in [-0.05, 0) is 26.3 Å². The summed E-state index contributed by atoms with van der Waals surface area (Å²) in [5.74, 6) is 1.26. The van der Waals surface area contributed by atoms with E-state index in [4.69, 9.17) is 5.73 Å². The highest BCUT2D eigenvalue weighted by Gasteiger charge is 2.41. The zero-order chi connectivity index (χ0) is 8.48. The van der Waals surface area contributed by atoms with Gasteiger partial charge in [-0.1, -0.05) is 6.92 Å². The minimum absolute atomic E-state index is 0.269. The highest BCUT2D eigenvalue weighted by Crippen LogP contribution is 2.37. The first kappa shape index (κ1) is 9.36. The van der Waals surface area contributed by atoms with Gasteiger partial charge >= 0.3 is 0 Å². The molecular formula is C8H18N2S. The quantitative estimate of drug-likeness (QED) is 0.670. The number of nitrogens with zero attached hydrogens (tertiary/aromatic N) is 1. The zero-order valence-electron chi connectivity index (χ0n) is 7.63. The smallest absolute Gasteiger partial charge is 0.0449 e. The molecule has 1 saturated heterocycles. The van der Waals surface area contributed by atoms with E-state index in [0.29, 0.717) is 5.25 Å². The predicted octanol–water partition coefficient (Wildman–Crippen LogP) is 0.771. The second kappa shape index (κ2) is 3.33. The van der Waals surface area contributed by atoms with Crippen molar-refractivity contribution in [3.63, 3.8) is 0 Å². The van der Waals surface area contributed by atoms with Crippen molar-refractivity contribution in [2.24, 2.45) is 5.73 Å². The van der Waals surface area contributed by atoms with E-state index < -0.39 is 0 Å². The molecule has 2 nitrogen and oxygen atoms in total. The lowest BCUT2D eigenvalue weighted by molar-refractivity contribution is 0.164. The van der Waals surface area contributed by atoms with Crippen molar-refractivity contribution in [1.29, 1.82) is 0 Å². The molecule has 0 bridgehead atoms. The summed E-state index contributed by atoms with van der Waals surface area (Å²) < 4.78 is 0. The molecule has 1 aliphatic heterocycles. The number of nitrogens with two attached hydrogens (primary N) is 1. The SMILES string of the molecule is CC1SCCC1(CN)N(C)C. The summed E-state index contributed by atoms with van der Waals surface area (Å²) in [5.41, 5.74) is 6.07. The van der Waals surface area contributed by atoms with Crippen LogP contribution >= 0.6 is 11.8 Å². The average Bonchev–Trinajstić information content (AvgIpc) is 2.32. The molecule has 1 heterocycles. The summed E-state index contributed by atoms with van der Waals surface area (Å²) in [4.78, 5) is 2.29. The summed E-state index contributed by atoms with van der Waals surface area (Å²) >= 11 is 2.04. The first-order valence-electron chi connectivity index (χ1n) is 4.12. The fraction of sp³-hybridized carbons (Fsp3) is 1.00. The fourth-order valence-electron chi connectivity index (χ4n) is 1.81. The van der Waals surface area contributed by atoms with E-state index in [1.165, 1.54) is 12.2 Å². The first-order valence-corrected chi connectivity index (χ1v) is 5.17. The summed E-state index contributed by atoms with van der Waals surface area (Å²) in [6.07, 6.45) is 1.24. The molecule has 1 aliphatic rings. The van der Waals surface area contributed by atoms with E-state index in [-0.39, 0.29) is 5.54 Å². The van der Waals surface area contributed by atoms with Crippen LogP contribution in [0.5, 0.6) is 0 Å². The van der Waals surface area contributed by atoms with Crippen molar-refractivity contribution in [2.45, 2.75) is 24.1 Å². The monoisotopic (exact) mass is 174 g/mol. The molecule has 66 valence electrons. The maximum Gasteiger partial charge on any atom is 0.0449 e. The third-order valence-corrected chi connectivity index (χ3v) is 4.28. The van der Waals surface area contributed by atoms with Crippen LogP contribution in [0, 0.1) is 0 Å². The highest BCUT2D eigenvalue weighted by atomic mass is 32.2. The van der Waals surface area contributed by atoms with Gasteiger partial charge in [0.05, 0.1) is 0 Å². The summed E-state index contributed by atoms with van der Waals surface area (Å²) in [6, 6.07) is 0. The Morgan fingerprint density at radius 1 is 1.64 bits per heavy atom. The average molecular weight is 174 g/mol. The van der Waals surface area contributed by atoms with Crippen molar-refractivity contribution < 1.29 is 0 Å². The van der Waals surface area contributed by atoms with Gasteiger partial charge in [-0.2, -0.15) is 11.8 Å². The Balaban J connectivity index is 2.73. The van der Waals surface area contributed by atoms with Crippen LogP contribution in [0.3, 0.4) is 0 Å². The van der Waals surface area contributed by atoms with Gasteiger partial charge in [-0.15, -0.1) is 0 Å². The van der Waals surface area contributed by atoms with Crippen LogP contribution < -0.4 is 5.73 Å². The van der Waals surface area contributed by atoms with Crippen LogP contribution in [0.1, 0.15) is 13.3 Å². The molecule has 0 aliphatic carbocycles. The van der Waals surface area contributed by atoms with Gasteiger partial charge in [0.1, 0.15) is 0 Å². The normalized spacial score (nSPS) is 38.5. The molecule has 0 aromatic rings. The van der Waals surface area contributed by atoms with Crippen LogP contribution in [-0.2, 0) is 0 Å². The van der Waals surface area contributed by atoms with Gasteiger partial charge in [-0.25, -0.2) is 0 Å². The molecule has 0 saturated carbocycles. The second-order valence-electron chi connectivity index (χ2n) is 3.47. The molecule has 11 heavy (non-hydrogen) atoms. The van der Waals surface area contributed by atoms with Gasteiger partial charge in [-0.3, -0.25) is 0 Å². The van der Waals surface area contributed by atoms with E-state index in [2.05, 4.69) is 25.9 Å². The zero-order valence-corrected chi connectivity index (χ0v) is 8.45. The van der Waals surface area contributed by atoms with Crippen molar-refractivity contribution >= 4 is 11.8 Å². The number of thioether (sulfide) groups is 1. The second-order valence-corrected chi connectivity index (χ2v) is 4.91. The Morgan fingerprint density at radius 3 is 2.45 bits per heavy atom. The molecule has 0 aromatic carbocycles. The van der Waals surface area contributed by atoms with Gasteiger partial charge in [0, 0.05) is 17.3 Å². The number of hydrogen-bond donors (Lipinski definition) is 1. The Morgan fingerprint density at radius 2 is 2.27 bits per heavy atom. The van der Waals surface area contributed by atoms with Crippen molar-refractivity contribution in [2.75, 3.05) is 26.4 Å². The van der Waals surface area contributed by atoms with E-state index in [1.807, 2.05) is 11.8 Å². The lowest BCUT2D eigenvalue weighted by atomic mass is 9.91. The maximum atomic E-state index is 5.81. The number of hydrogen-bond acceptors (Lipinski definition) is 3. The highest BCUT2D eigenvalue weighted by molar-refractivity contribution is 8.00. The largest absolute Gasteiger partial charge is 0.329 e. The van der Waals surface area contributed by atoms with E-state index in [9.17, 15) is 0 Å². The van der Waals surface area contributed by atoms with Crippen LogP contribution in [0.25, 0.3) is 0 Å². The molecule has 2 N–H and O–H groups in total. The van der Waals surface area contributed by atoms with Gasteiger partial charge in [0.15, 0.2) is 0 Å². The molecule has 0 amide bonds. The number of likely N-dealkylation sites (N-methyl/N-ethyl adjacent to an activating group) is 1. The predicted molar refractivity (Wildman–Crippen MR) is 52.0 cm³/mol. The Labute approximate surface area is 73.5 Å². The Bertz CT molecular complexity index is 138. The first-order chi connectivity index (χ1) is 5.13. The number of rotatable bonds is 2. The molecule has 1 rings (SSSR count).